The molecule has 106 valence electrons. The first-order valence-corrected chi connectivity index (χ1v) is 7.30. The van der Waals surface area contributed by atoms with Crippen molar-refractivity contribution in [3.8, 4) is 0 Å². The van der Waals surface area contributed by atoms with Crippen LogP contribution >= 0.6 is 11.3 Å². The average Bonchev–Trinajstić information content (AvgIpc) is 2.85. The molecule has 5 heteroatoms. The molecule has 19 heavy (non-hydrogen) atoms. The predicted octanol–water partition coefficient (Wildman–Crippen LogP) is 3.36. The molecular formula is C14H20O4S. The first kappa shape index (κ1) is 15.7. The van der Waals surface area contributed by atoms with Crippen LogP contribution in [0.1, 0.15) is 48.2 Å². The standard InChI is InChI=1S/C14H20O4S/c1-4-14(5-2,13(17)18-6-3)9-10-7-8-11(19-10)12(15)16/h7-8H,4-6,9H2,1-3H3,(H,15,16). The lowest BCUT2D eigenvalue weighted by atomic mass is 9.79. The van der Waals surface area contributed by atoms with E-state index >= 15 is 0 Å². The topological polar surface area (TPSA) is 63.6 Å². The smallest absolute Gasteiger partial charge is 0.345 e. The summed E-state index contributed by atoms with van der Waals surface area (Å²) in [6.07, 6.45) is 1.90. The molecule has 0 spiro atoms. The molecule has 1 aromatic heterocycles. The number of ether oxygens (including phenoxy) is 1. The highest BCUT2D eigenvalue weighted by molar-refractivity contribution is 7.13. The van der Waals surface area contributed by atoms with Crippen molar-refractivity contribution in [2.24, 2.45) is 5.41 Å². The van der Waals surface area contributed by atoms with Crippen LogP contribution in [-0.2, 0) is 16.0 Å². The van der Waals surface area contributed by atoms with Gasteiger partial charge in [0.2, 0.25) is 0 Å². The van der Waals surface area contributed by atoms with Gasteiger partial charge in [0.05, 0.1) is 12.0 Å². The molecule has 4 nitrogen and oxygen atoms in total. The van der Waals surface area contributed by atoms with Gasteiger partial charge in [0.15, 0.2) is 0 Å². The predicted molar refractivity (Wildman–Crippen MR) is 74.6 cm³/mol. The van der Waals surface area contributed by atoms with Crippen molar-refractivity contribution < 1.29 is 19.4 Å². The molecule has 0 aliphatic carbocycles. The third-order valence-corrected chi connectivity index (χ3v) is 4.52. The summed E-state index contributed by atoms with van der Waals surface area (Å²) >= 11 is 1.23. The monoisotopic (exact) mass is 284 g/mol. The van der Waals surface area contributed by atoms with E-state index in [2.05, 4.69) is 0 Å². The Balaban J connectivity index is 2.93. The molecule has 0 saturated carbocycles. The number of carboxylic acid groups (broad SMARTS) is 1. The molecule has 0 bridgehead atoms. The van der Waals surface area contributed by atoms with E-state index < -0.39 is 11.4 Å². The largest absolute Gasteiger partial charge is 0.477 e. The van der Waals surface area contributed by atoms with Gasteiger partial charge in [-0.05, 0) is 38.3 Å². The molecule has 1 rings (SSSR count). The summed E-state index contributed by atoms with van der Waals surface area (Å²) in [5.41, 5.74) is -0.545. The highest BCUT2D eigenvalue weighted by atomic mass is 32.1. The Morgan fingerprint density at radius 1 is 1.26 bits per heavy atom. The molecule has 0 aromatic carbocycles. The van der Waals surface area contributed by atoms with Crippen molar-refractivity contribution in [3.63, 3.8) is 0 Å². The summed E-state index contributed by atoms with van der Waals surface area (Å²) in [6, 6.07) is 3.37. The molecule has 0 radical (unpaired) electrons. The fourth-order valence-electron chi connectivity index (χ4n) is 2.07. The Kier molecular flexibility index (Phi) is 5.54. The SMILES string of the molecule is CCOC(=O)C(CC)(CC)Cc1ccc(C(=O)O)s1. The second kappa shape index (κ2) is 6.70. The summed E-state index contributed by atoms with van der Waals surface area (Å²) in [5.74, 6) is -1.11. The second-order valence-electron chi connectivity index (χ2n) is 4.46. The first-order valence-electron chi connectivity index (χ1n) is 6.48. The van der Waals surface area contributed by atoms with Gasteiger partial charge < -0.3 is 9.84 Å². The lowest BCUT2D eigenvalue weighted by Gasteiger charge is -2.28. The maximum Gasteiger partial charge on any atom is 0.345 e. The summed E-state index contributed by atoms with van der Waals surface area (Å²) in [5, 5.41) is 8.92. The summed E-state index contributed by atoms with van der Waals surface area (Å²) in [7, 11) is 0. The van der Waals surface area contributed by atoms with Crippen LogP contribution in [0.25, 0.3) is 0 Å². The van der Waals surface area contributed by atoms with Crippen molar-refractivity contribution >= 4 is 23.3 Å². The summed E-state index contributed by atoms with van der Waals surface area (Å²) in [4.78, 5) is 24.2. The Labute approximate surface area is 117 Å². The highest BCUT2D eigenvalue weighted by Crippen LogP contribution is 2.34. The number of esters is 1. The van der Waals surface area contributed by atoms with Crippen LogP contribution in [0.3, 0.4) is 0 Å². The minimum absolute atomic E-state index is 0.190. The van der Waals surface area contributed by atoms with Crippen LogP contribution < -0.4 is 0 Å². The number of hydrogen-bond donors (Lipinski definition) is 1. The minimum atomic E-state index is -0.925. The molecule has 1 heterocycles. The summed E-state index contributed by atoms with van der Waals surface area (Å²) in [6.45, 7) is 6.09. The van der Waals surface area contributed by atoms with Gasteiger partial charge >= 0.3 is 11.9 Å². The average molecular weight is 284 g/mol. The lowest BCUT2D eigenvalue weighted by Crippen LogP contribution is -2.34. The van der Waals surface area contributed by atoms with Gasteiger partial charge in [-0.2, -0.15) is 0 Å². The van der Waals surface area contributed by atoms with E-state index in [-0.39, 0.29) is 5.97 Å². The number of carbonyl (C=O) groups excluding carboxylic acids is 1. The maximum atomic E-state index is 12.1. The lowest BCUT2D eigenvalue weighted by molar-refractivity contribution is -0.156. The second-order valence-corrected chi connectivity index (χ2v) is 5.62. The van der Waals surface area contributed by atoms with E-state index in [0.29, 0.717) is 30.7 Å². The van der Waals surface area contributed by atoms with Crippen LogP contribution in [0.2, 0.25) is 0 Å². The van der Waals surface area contributed by atoms with Crippen LogP contribution in [-0.4, -0.2) is 23.7 Å². The van der Waals surface area contributed by atoms with E-state index in [4.69, 9.17) is 9.84 Å². The highest BCUT2D eigenvalue weighted by Gasteiger charge is 2.37. The van der Waals surface area contributed by atoms with E-state index in [1.54, 1.807) is 19.1 Å². The Morgan fingerprint density at radius 3 is 2.32 bits per heavy atom. The van der Waals surface area contributed by atoms with Gasteiger partial charge in [-0.1, -0.05) is 13.8 Å². The molecular weight excluding hydrogens is 264 g/mol. The van der Waals surface area contributed by atoms with Crippen LogP contribution in [0.15, 0.2) is 12.1 Å². The Bertz CT molecular complexity index is 446. The molecule has 0 atom stereocenters. The van der Waals surface area contributed by atoms with Crippen molar-refractivity contribution in [3.05, 3.63) is 21.9 Å². The zero-order chi connectivity index (χ0) is 14.5. The molecule has 1 aromatic rings. The number of thiophene rings is 1. The molecule has 0 saturated heterocycles. The van der Waals surface area contributed by atoms with Crippen molar-refractivity contribution in [1.29, 1.82) is 0 Å². The van der Waals surface area contributed by atoms with Gasteiger partial charge in [-0.25, -0.2) is 4.79 Å². The third-order valence-electron chi connectivity index (χ3n) is 3.45. The van der Waals surface area contributed by atoms with E-state index in [1.807, 2.05) is 13.8 Å². The van der Waals surface area contributed by atoms with Crippen molar-refractivity contribution in [2.45, 2.75) is 40.0 Å². The zero-order valence-corrected chi connectivity index (χ0v) is 12.4. The number of aromatic carboxylic acids is 1. The number of rotatable bonds is 7. The first-order chi connectivity index (χ1) is 8.99. The third kappa shape index (κ3) is 3.56. The Morgan fingerprint density at radius 2 is 1.89 bits per heavy atom. The Hall–Kier alpha value is -1.36. The maximum absolute atomic E-state index is 12.1. The summed E-state index contributed by atoms with van der Waals surface area (Å²) < 4.78 is 5.17. The van der Waals surface area contributed by atoms with E-state index in [0.717, 1.165) is 4.88 Å². The normalized spacial score (nSPS) is 11.3. The van der Waals surface area contributed by atoms with Crippen LogP contribution in [0.5, 0.6) is 0 Å². The quantitative estimate of drug-likeness (QED) is 0.780. The van der Waals surface area contributed by atoms with Gasteiger partial charge in [-0.15, -0.1) is 11.3 Å². The van der Waals surface area contributed by atoms with Gasteiger partial charge in [0.1, 0.15) is 4.88 Å². The molecule has 0 amide bonds. The zero-order valence-electron chi connectivity index (χ0n) is 11.6. The van der Waals surface area contributed by atoms with Crippen molar-refractivity contribution in [1.82, 2.24) is 0 Å². The molecule has 1 N–H and O–H groups in total. The van der Waals surface area contributed by atoms with E-state index in [1.165, 1.54) is 11.3 Å². The van der Waals surface area contributed by atoms with Gasteiger partial charge in [0.25, 0.3) is 0 Å². The van der Waals surface area contributed by atoms with Crippen LogP contribution in [0, 0.1) is 5.41 Å². The fourth-order valence-corrected chi connectivity index (χ4v) is 3.06. The number of carbonyl (C=O) groups is 2. The molecule has 0 unspecified atom stereocenters. The van der Waals surface area contributed by atoms with E-state index in [9.17, 15) is 9.59 Å². The van der Waals surface area contributed by atoms with Gasteiger partial charge in [0, 0.05) is 4.88 Å². The molecule has 0 fully saturated rings. The number of carboxylic acids is 1. The van der Waals surface area contributed by atoms with Crippen molar-refractivity contribution in [2.75, 3.05) is 6.61 Å². The fraction of sp³-hybridized carbons (Fsp3) is 0.571. The number of hydrogen-bond acceptors (Lipinski definition) is 4. The molecule has 0 aliphatic rings. The van der Waals surface area contributed by atoms with Crippen LogP contribution in [0.4, 0.5) is 0 Å². The minimum Gasteiger partial charge on any atom is -0.477 e. The van der Waals surface area contributed by atoms with Gasteiger partial charge in [-0.3, -0.25) is 4.79 Å². The molecule has 0 aliphatic heterocycles.